The molecule has 0 radical (unpaired) electrons. The van der Waals surface area contributed by atoms with E-state index in [2.05, 4.69) is 10.6 Å². The first-order valence-corrected chi connectivity index (χ1v) is 6.57. The van der Waals surface area contributed by atoms with Crippen LogP contribution in [-0.2, 0) is 9.59 Å². The Bertz CT molecular complexity index is 411. The Morgan fingerprint density at radius 3 is 1.75 bits per heavy atom. The maximum absolute atomic E-state index is 11.5. The molecule has 0 unspecified atom stereocenters. The summed E-state index contributed by atoms with van der Waals surface area (Å²) in [7, 11) is 0. The number of rotatable bonds is 8. The number of benzene rings is 1. The molecule has 0 atom stereocenters. The van der Waals surface area contributed by atoms with Crippen LogP contribution in [-0.4, -0.2) is 35.2 Å². The van der Waals surface area contributed by atoms with Gasteiger partial charge in [-0.05, 0) is 31.0 Å². The van der Waals surface area contributed by atoms with Crippen LogP contribution in [0.25, 0.3) is 0 Å². The zero-order chi connectivity index (χ0) is 14.8. The molecule has 0 heterocycles. The first kappa shape index (κ1) is 16.1. The molecule has 0 saturated carbocycles. The summed E-state index contributed by atoms with van der Waals surface area (Å²) in [6.45, 7) is -0.0389. The Morgan fingerprint density at radius 1 is 0.900 bits per heavy atom. The minimum absolute atomic E-state index is 0.0195. The monoisotopic (exact) mass is 280 g/mol. The third kappa shape index (κ3) is 6.31. The van der Waals surface area contributed by atoms with E-state index in [-0.39, 0.29) is 37.9 Å². The fourth-order valence-corrected chi connectivity index (χ4v) is 1.60. The van der Waals surface area contributed by atoms with Crippen molar-refractivity contribution in [3.63, 3.8) is 0 Å². The largest absolute Gasteiger partial charge is 0.396 e. The zero-order valence-corrected chi connectivity index (χ0v) is 11.3. The molecule has 0 fully saturated rings. The van der Waals surface area contributed by atoms with Gasteiger partial charge in [0.1, 0.15) is 0 Å². The van der Waals surface area contributed by atoms with Crippen molar-refractivity contribution in [2.24, 2.45) is 0 Å². The van der Waals surface area contributed by atoms with E-state index in [1.54, 1.807) is 24.3 Å². The fraction of sp³-hybridized carbons (Fsp3) is 0.429. The number of carbonyl (C=O) groups is 2. The molecule has 6 nitrogen and oxygen atoms in total. The number of anilines is 2. The summed E-state index contributed by atoms with van der Waals surface area (Å²) >= 11 is 0. The summed E-state index contributed by atoms with van der Waals surface area (Å²) in [6, 6.07) is 6.83. The molecule has 0 spiro atoms. The molecule has 4 N–H and O–H groups in total. The predicted octanol–water partition coefficient (Wildman–Crippen LogP) is 1.11. The molecule has 0 aliphatic rings. The fourth-order valence-electron chi connectivity index (χ4n) is 1.60. The van der Waals surface area contributed by atoms with E-state index in [4.69, 9.17) is 10.2 Å². The van der Waals surface area contributed by atoms with Crippen molar-refractivity contribution in [3.8, 4) is 0 Å². The molecule has 6 heteroatoms. The molecule has 20 heavy (non-hydrogen) atoms. The lowest BCUT2D eigenvalue weighted by molar-refractivity contribution is -0.117. The normalized spacial score (nSPS) is 10.1. The van der Waals surface area contributed by atoms with Crippen LogP contribution in [0.5, 0.6) is 0 Å². The second-order valence-electron chi connectivity index (χ2n) is 4.33. The van der Waals surface area contributed by atoms with Crippen molar-refractivity contribution < 1.29 is 19.8 Å². The third-order valence-corrected chi connectivity index (χ3v) is 2.55. The Morgan fingerprint density at radius 2 is 1.35 bits per heavy atom. The SMILES string of the molecule is O=C(CCCO)Nc1cccc(NC(=O)CCCO)c1. The summed E-state index contributed by atoms with van der Waals surface area (Å²) in [5.41, 5.74) is 1.18. The summed E-state index contributed by atoms with van der Waals surface area (Å²) in [6.07, 6.45) is 1.35. The van der Waals surface area contributed by atoms with Gasteiger partial charge >= 0.3 is 0 Å². The Hall–Kier alpha value is -1.92. The number of hydrogen-bond acceptors (Lipinski definition) is 4. The second-order valence-corrected chi connectivity index (χ2v) is 4.33. The smallest absolute Gasteiger partial charge is 0.224 e. The molecule has 110 valence electrons. The Balaban J connectivity index is 2.52. The van der Waals surface area contributed by atoms with Crippen molar-refractivity contribution in [1.82, 2.24) is 0 Å². The molecule has 0 bridgehead atoms. The van der Waals surface area contributed by atoms with Crippen LogP contribution < -0.4 is 10.6 Å². The highest BCUT2D eigenvalue weighted by molar-refractivity contribution is 5.94. The van der Waals surface area contributed by atoms with E-state index < -0.39 is 0 Å². The van der Waals surface area contributed by atoms with Gasteiger partial charge in [-0.25, -0.2) is 0 Å². The molecular formula is C14H20N2O4. The van der Waals surface area contributed by atoms with E-state index in [1.165, 1.54) is 0 Å². The van der Waals surface area contributed by atoms with Crippen LogP contribution in [0, 0.1) is 0 Å². The van der Waals surface area contributed by atoms with Crippen molar-refractivity contribution >= 4 is 23.2 Å². The Labute approximate surface area is 117 Å². The highest BCUT2D eigenvalue weighted by Crippen LogP contribution is 2.15. The van der Waals surface area contributed by atoms with Gasteiger partial charge in [0, 0.05) is 37.4 Å². The summed E-state index contributed by atoms with van der Waals surface area (Å²) in [5.74, 6) is -0.356. The van der Waals surface area contributed by atoms with E-state index in [0.29, 0.717) is 24.2 Å². The molecule has 1 rings (SSSR count). The van der Waals surface area contributed by atoms with E-state index in [1.807, 2.05) is 0 Å². The number of nitrogens with one attached hydrogen (secondary N) is 2. The number of aliphatic hydroxyl groups excluding tert-OH is 2. The Kier molecular flexibility index (Phi) is 7.31. The first-order chi connectivity index (χ1) is 9.65. The number of aliphatic hydroxyl groups is 2. The molecule has 2 amide bonds. The van der Waals surface area contributed by atoms with E-state index in [9.17, 15) is 9.59 Å². The lowest BCUT2D eigenvalue weighted by Crippen LogP contribution is -2.14. The predicted molar refractivity (Wildman–Crippen MR) is 76.3 cm³/mol. The number of hydrogen-bond donors (Lipinski definition) is 4. The second kappa shape index (κ2) is 9.06. The molecule has 1 aromatic rings. The van der Waals surface area contributed by atoms with Gasteiger partial charge in [0.05, 0.1) is 0 Å². The molecule has 0 aromatic heterocycles. The van der Waals surface area contributed by atoms with Crippen molar-refractivity contribution in [2.75, 3.05) is 23.8 Å². The van der Waals surface area contributed by atoms with Crippen molar-refractivity contribution in [3.05, 3.63) is 24.3 Å². The van der Waals surface area contributed by atoms with Crippen molar-refractivity contribution in [1.29, 1.82) is 0 Å². The molecule has 0 aliphatic heterocycles. The number of carbonyl (C=O) groups excluding carboxylic acids is 2. The van der Waals surface area contributed by atoms with Gasteiger partial charge in [-0.3, -0.25) is 9.59 Å². The highest BCUT2D eigenvalue weighted by Gasteiger charge is 2.05. The molecule has 0 saturated heterocycles. The van der Waals surface area contributed by atoms with Gasteiger partial charge in [0.2, 0.25) is 11.8 Å². The van der Waals surface area contributed by atoms with Gasteiger partial charge < -0.3 is 20.8 Å². The summed E-state index contributed by atoms with van der Waals surface area (Å²) < 4.78 is 0. The average Bonchev–Trinajstić information content (AvgIpc) is 2.43. The topological polar surface area (TPSA) is 98.7 Å². The van der Waals surface area contributed by atoms with Gasteiger partial charge in [0.15, 0.2) is 0 Å². The van der Waals surface area contributed by atoms with Crippen LogP contribution in [0.1, 0.15) is 25.7 Å². The quantitative estimate of drug-likeness (QED) is 0.573. The zero-order valence-electron chi connectivity index (χ0n) is 11.3. The highest BCUT2D eigenvalue weighted by atomic mass is 16.3. The van der Waals surface area contributed by atoms with Gasteiger partial charge in [-0.2, -0.15) is 0 Å². The van der Waals surface area contributed by atoms with Crippen molar-refractivity contribution in [2.45, 2.75) is 25.7 Å². The van der Waals surface area contributed by atoms with Crippen LogP contribution >= 0.6 is 0 Å². The summed E-state index contributed by atoms with van der Waals surface area (Å²) in [4.78, 5) is 23.0. The van der Waals surface area contributed by atoms with Gasteiger partial charge in [-0.1, -0.05) is 6.07 Å². The molecular weight excluding hydrogens is 260 g/mol. The van der Waals surface area contributed by atoms with E-state index in [0.717, 1.165) is 0 Å². The minimum Gasteiger partial charge on any atom is -0.396 e. The lowest BCUT2D eigenvalue weighted by Gasteiger charge is -2.08. The number of amides is 2. The van der Waals surface area contributed by atoms with Crippen LogP contribution in [0.4, 0.5) is 11.4 Å². The lowest BCUT2D eigenvalue weighted by atomic mass is 10.2. The average molecular weight is 280 g/mol. The van der Waals surface area contributed by atoms with Crippen LogP contribution in [0.2, 0.25) is 0 Å². The van der Waals surface area contributed by atoms with E-state index >= 15 is 0 Å². The minimum atomic E-state index is -0.178. The third-order valence-electron chi connectivity index (χ3n) is 2.55. The van der Waals surface area contributed by atoms with Gasteiger partial charge in [0.25, 0.3) is 0 Å². The standard InChI is InChI=1S/C14H20N2O4/c17-8-2-6-13(19)15-11-4-1-5-12(10-11)16-14(20)7-3-9-18/h1,4-5,10,17-18H,2-3,6-9H2,(H,15,19)(H,16,20). The maximum Gasteiger partial charge on any atom is 0.224 e. The van der Waals surface area contributed by atoms with Crippen LogP contribution in [0.15, 0.2) is 24.3 Å². The maximum atomic E-state index is 11.5. The molecule has 1 aromatic carbocycles. The van der Waals surface area contributed by atoms with Crippen LogP contribution in [0.3, 0.4) is 0 Å². The summed E-state index contributed by atoms with van der Waals surface area (Å²) in [5, 5.41) is 22.7. The first-order valence-electron chi connectivity index (χ1n) is 6.57. The van der Waals surface area contributed by atoms with Gasteiger partial charge in [-0.15, -0.1) is 0 Å². The molecule has 0 aliphatic carbocycles.